The quantitative estimate of drug-likeness (QED) is 0.838. The zero-order valence-corrected chi connectivity index (χ0v) is 10.1. The van der Waals surface area contributed by atoms with E-state index in [9.17, 15) is 9.59 Å². The summed E-state index contributed by atoms with van der Waals surface area (Å²) in [4.78, 5) is 23.9. The minimum Gasteiger partial charge on any atom is -0.497 e. The molecule has 0 aromatic heterocycles. The van der Waals surface area contributed by atoms with Crippen LogP contribution in [0.2, 0.25) is 0 Å². The number of imide groups is 1. The first kappa shape index (κ1) is 10.9. The van der Waals surface area contributed by atoms with Crippen molar-refractivity contribution in [1.82, 2.24) is 5.32 Å². The molecule has 5 nitrogen and oxygen atoms in total. The molecule has 84 valence electrons. The van der Waals surface area contributed by atoms with Crippen LogP contribution in [-0.4, -0.2) is 25.6 Å². The molecule has 0 radical (unpaired) electrons. The molecule has 0 atom stereocenters. The van der Waals surface area contributed by atoms with E-state index in [4.69, 9.17) is 4.74 Å². The van der Waals surface area contributed by atoms with Crippen molar-refractivity contribution in [2.45, 2.75) is 0 Å². The number of urea groups is 1. The molecule has 1 fully saturated rings. The molecule has 0 bridgehead atoms. The number of carbonyl (C=O) groups excluding carboxylic acids is 2. The van der Waals surface area contributed by atoms with Crippen molar-refractivity contribution in [3.8, 4) is 5.75 Å². The van der Waals surface area contributed by atoms with E-state index in [0.29, 0.717) is 11.4 Å². The zero-order chi connectivity index (χ0) is 11.7. The molecule has 3 amide bonds. The molecule has 1 aromatic rings. The Hall–Kier alpha value is -1.56. The van der Waals surface area contributed by atoms with Crippen LogP contribution in [0.1, 0.15) is 0 Å². The second-order valence-electron chi connectivity index (χ2n) is 3.29. The Morgan fingerprint density at radius 2 is 2.12 bits per heavy atom. The fourth-order valence-corrected chi connectivity index (χ4v) is 1.93. The third-order valence-corrected chi connectivity index (χ3v) is 2.65. The van der Waals surface area contributed by atoms with Crippen LogP contribution >= 0.6 is 15.9 Å². The molecule has 0 unspecified atom stereocenters. The number of halogens is 1. The molecule has 6 heteroatoms. The average Bonchev–Trinajstić information content (AvgIpc) is 2.57. The second-order valence-corrected chi connectivity index (χ2v) is 4.20. The number of methoxy groups -OCH3 is 1. The highest BCUT2D eigenvalue weighted by atomic mass is 79.9. The summed E-state index contributed by atoms with van der Waals surface area (Å²) in [6.07, 6.45) is 0. The molecule has 0 saturated carbocycles. The lowest BCUT2D eigenvalue weighted by Crippen LogP contribution is -2.27. The topological polar surface area (TPSA) is 58.6 Å². The predicted molar refractivity (Wildman–Crippen MR) is 61.6 cm³/mol. The highest BCUT2D eigenvalue weighted by Gasteiger charge is 2.28. The molecule has 0 spiro atoms. The summed E-state index contributed by atoms with van der Waals surface area (Å²) in [5, 5.41) is 2.21. The first-order chi connectivity index (χ1) is 7.60. The van der Waals surface area contributed by atoms with E-state index in [1.54, 1.807) is 25.3 Å². The Labute approximate surface area is 100 Å². The van der Waals surface area contributed by atoms with Crippen LogP contribution in [0.4, 0.5) is 10.5 Å². The van der Waals surface area contributed by atoms with Crippen molar-refractivity contribution in [3.05, 3.63) is 22.7 Å². The normalized spacial score (nSPS) is 15.2. The van der Waals surface area contributed by atoms with E-state index in [-0.39, 0.29) is 12.5 Å². The second kappa shape index (κ2) is 4.13. The SMILES string of the molecule is COc1cc(Br)cc(N2CC(=O)NC2=O)c1. The van der Waals surface area contributed by atoms with Gasteiger partial charge < -0.3 is 4.74 Å². The van der Waals surface area contributed by atoms with Gasteiger partial charge in [0.2, 0.25) is 5.91 Å². The van der Waals surface area contributed by atoms with E-state index >= 15 is 0 Å². The maximum Gasteiger partial charge on any atom is 0.329 e. The van der Waals surface area contributed by atoms with Crippen molar-refractivity contribution in [2.75, 3.05) is 18.6 Å². The van der Waals surface area contributed by atoms with E-state index in [1.165, 1.54) is 4.90 Å². The Bertz CT molecular complexity index is 461. The lowest BCUT2D eigenvalue weighted by Gasteiger charge is -2.14. The minimum atomic E-state index is -0.412. The minimum absolute atomic E-state index is 0.0401. The van der Waals surface area contributed by atoms with E-state index in [2.05, 4.69) is 21.2 Å². The maximum absolute atomic E-state index is 11.4. The zero-order valence-electron chi connectivity index (χ0n) is 8.49. The number of carbonyl (C=O) groups is 2. The Balaban J connectivity index is 2.36. The summed E-state index contributed by atoms with van der Waals surface area (Å²) in [6.45, 7) is 0.0401. The van der Waals surface area contributed by atoms with Gasteiger partial charge in [-0.05, 0) is 12.1 Å². The smallest absolute Gasteiger partial charge is 0.329 e. The van der Waals surface area contributed by atoms with Gasteiger partial charge in [-0.1, -0.05) is 15.9 Å². The molecule has 1 saturated heterocycles. The summed E-state index contributed by atoms with van der Waals surface area (Å²) >= 11 is 3.31. The van der Waals surface area contributed by atoms with Crippen LogP contribution in [0, 0.1) is 0 Å². The molecule has 1 aliphatic heterocycles. The van der Waals surface area contributed by atoms with Gasteiger partial charge in [0, 0.05) is 10.5 Å². The highest BCUT2D eigenvalue weighted by molar-refractivity contribution is 9.10. The van der Waals surface area contributed by atoms with Gasteiger partial charge in [0.05, 0.1) is 12.8 Å². The van der Waals surface area contributed by atoms with Gasteiger partial charge in [0.15, 0.2) is 0 Å². The van der Waals surface area contributed by atoms with Crippen LogP contribution in [0.5, 0.6) is 5.75 Å². The molecule has 1 N–H and O–H groups in total. The Morgan fingerprint density at radius 1 is 1.38 bits per heavy atom. The number of hydrogen-bond acceptors (Lipinski definition) is 3. The van der Waals surface area contributed by atoms with Crippen LogP contribution < -0.4 is 15.0 Å². The van der Waals surface area contributed by atoms with Crippen LogP contribution in [0.15, 0.2) is 22.7 Å². The summed E-state index contributed by atoms with van der Waals surface area (Å²) in [5.74, 6) is 0.320. The summed E-state index contributed by atoms with van der Waals surface area (Å²) in [7, 11) is 1.54. The van der Waals surface area contributed by atoms with E-state index in [0.717, 1.165) is 4.47 Å². The van der Waals surface area contributed by atoms with Crippen molar-refractivity contribution in [3.63, 3.8) is 0 Å². The van der Waals surface area contributed by atoms with Crippen molar-refractivity contribution in [2.24, 2.45) is 0 Å². The van der Waals surface area contributed by atoms with E-state index in [1.807, 2.05) is 0 Å². The van der Waals surface area contributed by atoms with Crippen LogP contribution in [0.25, 0.3) is 0 Å². The average molecular weight is 285 g/mol. The molecular formula is C10H9BrN2O3. The summed E-state index contributed by atoms with van der Waals surface area (Å²) in [6, 6.07) is 4.81. The number of anilines is 1. The molecule has 16 heavy (non-hydrogen) atoms. The highest BCUT2D eigenvalue weighted by Crippen LogP contribution is 2.28. The lowest BCUT2D eigenvalue weighted by atomic mass is 10.3. The standard InChI is InChI=1S/C10H9BrN2O3/c1-16-8-3-6(11)2-7(4-8)13-5-9(14)12-10(13)15/h2-4H,5H2,1H3,(H,12,14,15). The molecule has 2 rings (SSSR count). The number of benzene rings is 1. The Morgan fingerprint density at radius 3 is 2.69 bits per heavy atom. The van der Waals surface area contributed by atoms with Gasteiger partial charge in [-0.3, -0.25) is 15.0 Å². The van der Waals surface area contributed by atoms with Crippen LogP contribution in [-0.2, 0) is 4.79 Å². The number of hydrogen-bond donors (Lipinski definition) is 1. The monoisotopic (exact) mass is 284 g/mol. The van der Waals surface area contributed by atoms with Gasteiger partial charge in [0.25, 0.3) is 0 Å². The first-order valence-electron chi connectivity index (χ1n) is 4.56. The summed E-state index contributed by atoms with van der Waals surface area (Å²) in [5.41, 5.74) is 0.620. The Kier molecular flexibility index (Phi) is 2.82. The van der Waals surface area contributed by atoms with Gasteiger partial charge in [-0.25, -0.2) is 4.79 Å². The fourth-order valence-electron chi connectivity index (χ4n) is 1.47. The maximum atomic E-state index is 11.4. The molecule has 1 aliphatic rings. The van der Waals surface area contributed by atoms with E-state index < -0.39 is 6.03 Å². The molecular weight excluding hydrogens is 276 g/mol. The van der Waals surface area contributed by atoms with Crippen molar-refractivity contribution < 1.29 is 14.3 Å². The third-order valence-electron chi connectivity index (χ3n) is 2.20. The lowest BCUT2D eigenvalue weighted by molar-refractivity contribution is -0.117. The number of rotatable bonds is 2. The van der Waals surface area contributed by atoms with Gasteiger partial charge in [0.1, 0.15) is 12.3 Å². The van der Waals surface area contributed by atoms with Crippen molar-refractivity contribution in [1.29, 1.82) is 0 Å². The number of nitrogens with one attached hydrogen (secondary N) is 1. The predicted octanol–water partition coefficient (Wildman–Crippen LogP) is 1.51. The van der Waals surface area contributed by atoms with Crippen LogP contribution in [0.3, 0.4) is 0 Å². The fraction of sp³-hybridized carbons (Fsp3) is 0.200. The number of nitrogens with zero attached hydrogens (tertiary/aromatic N) is 1. The summed E-state index contributed by atoms with van der Waals surface area (Å²) < 4.78 is 5.87. The largest absolute Gasteiger partial charge is 0.497 e. The van der Waals surface area contributed by atoms with Gasteiger partial charge in [-0.15, -0.1) is 0 Å². The third kappa shape index (κ3) is 2.01. The van der Waals surface area contributed by atoms with Gasteiger partial charge in [-0.2, -0.15) is 0 Å². The molecule has 0 aliphatic carbocycles. The molecule has 1 aromatic carbocycles. The number of amides is 3. The van der Waals surface area contributed by atoms with Gasteiger partial charge >= 0.3 is 6.03 Å². The number of ether oxygens (including phenoxy) is 1. The first-order valence-corrected chi connectivity index (χ1v) is 5.35. The van der Waals surface area contributed by atoms with Crippen molar-refractivity contribution >= 4 is 33.6 Å². The molecule has 1 heterocycles.